The number of hydrogen-bond acceptors (Lipinski definition) is 5. The van der Waals surface area contributed by atoms with Gasteiger partial charge in [-0.25, -0.2) is 3.63 Å². The Balaban J connectivity index is 1.97. The smallest absolute Gasteiger partial charge is 0.307 e. The van der Waals surface area contributed by atoms with Gasteiger partial charge in [0.15, 0.2) is 0 Å². The number of benzene rings is 4. The van der Waals surface area contributed by atoms with E-state index < -0.39 is 20.4 Å². The molecule has 0 saturated heterocycles. The maximum Gasteiger partial charge on any atom is 0.307 e. The van der Waals surface area contributed by atoms with Crippen LogP contribution in [-0.4, -0.2) is 19.6 Å². The molecule has 7 heteroatoms. The van der Waals surface area contributed by atoms with Crippen LogP contribution < -0.4 is 9.47 Å². The molecular formula is C34H40O5S2. The van der Waals surface area contributed by atoms with Crippen LogP contribution in [0.25, 0.3) is 0 Å². The third-order valence-corrected chi connectivity index (χ3v) is 11.2. The maximum absolute atomic E-state index is 14.0. The van der Waals surface area contributed by atoms with Crippen molar-refractivity contribution in [3.05, 3.63) is 108 Å². The van der Waals surface area contributed by atoms with Gasteiger partial charge >= 0.3 is 10.1 Å². The number of aryl methyl sites for hydroxylation is 2. The standard InChI is InChI=1S/C34H40O5S2/c1-25-12-18-31(19-13-25)41(35,36)39-40(32-11-9-10-26(2)24-32,29-20-14-27(15-21-29)37-33(3,4)5)30-22-16-28(17-23-30)38-34(6,7)8/h9-24H,1-8H3. The molecule has 0 aromatic heterocycles. The summed E-state index contributed by atoms with van der Waals surface area (Å²) in [6.07, 6.45) is 0. The third-order valence-electron chi connectivity index (χ3n) is 5.98. The normalized spacial score (nSPS) is 13.1. The molecule has 0 aliphatic carbocycles. The van der Waals surface area contributed by atoms with Gasteiger partial charge in [-0.2, -0.15) is 8.42 Å². The minimum atomic E-state index is -4.20. The molecule has 0 radical (unpaired) electrons. The summed E-state index contributed by atoms with van der Waals surface area (Å²) in [5.41, 5.74) is 1.20. The van der Waals surface area contributed by atoms with Crippen LogP contribution in [0.4, 0.5) is 0 Å². The molecule has 0 bridgehead atoms. The van der Waals surface area contributed by atoms with E-state index in [1.54, 1.807) is 24.3 Å². The van der Waals surface area contributed by atoms with Crippen LogP contribution in [0.2, 0.25) is 0 Å². The molecule has 0 saturated carbocycles. The van der Waals surface area contributed by atoms with Crippen molar-refractivity contribution in [3.8, 4) is 11.5 Å². The second kappa shape index (κ2) is 11.6. The minimum Gasteiger partial charge on any atom is -0.488 e. The summed E-state index contributed by atoms with van der Waals surface area (Å²) in [6, 6.07) is 29.7. The fourth-order valence-corrected chi connectivity index (χ4v) is 9.58. The van der Waals surface area contributed by atoms with E-state index in [0.29, 0.717) is 11.5 Å². The SMILES string of the molecule is Cc1ccc(S(=O)(=O)OS(c2ccc(OC(C)(C)C)cc2)(c2ccc(OC(C)(C)C)cc2)c2cccc(C)c2)cc1. The van der Waals surface area contributed by atoms with Gasteiger partial charge in [-0.1, -0.05) is 29.8 Å². The summed E-state index contributed by atoms with van der Waals surface area (Å²) in [4.78, 5) is 2.32. The van der Waals surface area contributed by atoms with Gasteiger partial charge < -0.3 is 9.47 Å². The Bertz CT molecular complexity index is 1520. The molecule has 0 aliphatic rings. The van der Waals surface area contributed by atoms with E-state index in [9.17, 15) is 8.42 Å². The molecule has 0 aliphatic heterocycles. The Morgan fingerprint density at radius 3 is 1.37 bits per heavy atom. The van der Waals surface area contributed by atoms with Crippen LogP contribution in [0.15, 0.2) is 117 Å². The first-order valence-electron chi connectivity index (χ1n) is 13.6. The van der Waals surface area contributed by atoms with Crippen LogP contribution in [0.3, 0.4) is 0 Å². The Hall–Kier alpha value is -3.26. The van der Waals surface area contributed by atoms with E-state index in [1.165, 1.54) is 0 Å². The summed E-state index contributed by atoms with van der Waals surface area (Å²) in [6.45, 7) is 15.8. The minimum absolute atomic E-state index is 0.105. The lowest BCUT2D eigenvalue weighted by atomic mass is 10.2. The predicted molar refractivity (Wildman–Crippen MR) is 167 cm³/mol. The predicted octanol–water partition coefficient (Wildman–Crippen LogP) is 9.26. The maximum atomic E-state index is 14.0. The van der Waals surface area contributed by atoms with Crippen molar-refractivity contribution in [1.29, 1.82) is 0 Å². The summed E-state index contributed by atoms with van der Waals surface area (Å²) in [5, 5.41) is 0. The van der Waals surface area contributed by atoms with E-state index in [0.717, 1.165) is 25.8 Å². The van der Waals surface area contributed by atoms with Crippen molar-refractivity contribution in [1.82, 2.24) is 0 Å². The molecule has 0 unspecified atom stereocenters. The first-order valence-corrected chi connectivity index (χ1v) is 16.6. The fourth-order valence-electron chi connectivity index (χ4n) is 4.30. The molecule has 0 atom stereocenters. The van der Waals surface area contributed by atoms with Crippen molar-refractivity contribution < 1.29 is 21.5 Å². The Morgan fingerprint density at radius 2 is 0.951 bits per heavy atom. The highest BCUT2D eigenvalue weighted by Crippen LogP contribution is 2.70. The topological polar surface area (TPSA) is 61.8 Å². The Morgan fingerprint density at radius 1 is 0.512 bits per heavy atom. The second-order valence-corrected chi connectivity index (χ2v) is 16.5. The lowest BCUT2D eigenvalue weighted by Gasteiger charge is -2.39. The molecule has 5 nitrogen and oxygen atoms in total. The third kappa shape index (κ3) is 7.53. The van der Waals surface area contributed by atoms with Gasteiger partial charge in [0, 0.05) is 14.7 Å². The van der Waals surface area contributed by atoms with Crippen molar-refractivity contribution in [2.24, 2.45) is 0 Å². The molecule has 4 rings (SSSR count). The van der Waals surface area contributed by atoms with Gasteiger partial charge in [0.2, 0.25) is 0 Å². The summed E-state index contributed by atoms with van der Waals surface area (Å²) in [5.74, 6) is 1.38. The highest BCUT2D eigenvalue weighted by molar-refractivity contribution is 8.33. The van der Waals surface area contributed by atoms with Crippen LogP contribution in [0.1, 0.15) is 52.7 Å². The Kier molecular flexibility index (Phi) is 8.65. The molecule has 218 valence electrons. The van der Waals surface area contributed by atoms with E-state index in [1.807, 2.05) is 128 Å². The van der Waals surface area contributed by atoms with Crippen LogP contribution in [0, 0.1) is 13.8 Å². The molecule has 0 amide bonds. The number of ether oxygens (including phenoxy) is 2. The summed E-state index contributed by atoms with van der Waals surface area (Å²) >= 11 is 0. The zero-order valence-corrected chi connectivity index (χ0v) is 26.7. The van der Waals surface area contributed by atoms with Gasteiger partial charge in [-0.3, -0.25) is 0 Å². The average molecular weight is 593 g/mol. The molecule has 4 aromatic rings. The van der Waals surface area contributed by atoms with E-state index in [-0.39, 0.29) is 16.1 Å². The van der Waals surface area contributed by atoms with Crippen molar-refractivity contribution in [2.45, 2.75) is 86.2 Å². The average Bonchev–Trinajstić information content (AvgIpc) is 2.87. The van der Waals surface area contributed by atoms with E-state index in [4.69, 9.17) is 13.1 Å². The lowest BCUT2D eigenvalue weighted by Crippen LogP contribution is -2.23. The number of hydrogen-bond donors (Lipinski definition) is 0. The van der Waals surface area contributed by atoms with Crippen molar-refractivity contribution in [2.75, 3.05) is 0 Å². The van der Waals surface area contributed by atoms with Crippen LogP contribution in [0.5, 0.6) is 11.5 Å². The highest BCUT2D eigenvalue weighted by Gasteiger charge is 2.38. The molecule has 0 N–H and O–H groups in total. The first kappa shape index (κ1) is 30.7. The zero-order chi connectivity index (χ0) is 30.1. The van der Waals surface area contributed by atoms with Crippen molar-refractivity contribution >= 4 is 20.4 Å². The van der Waals surface area contributed by atoms with Gasteiger partial charge in [-0.05, 0) is 144 Å². The first-order chi connectivity index (χ1) is 19.1. The van der Waals surface area contributed by atoms with Gasteiger partial charge in [-0.15, -0.1) is 0 Å². The Labute approximate surface area is 247 Å². The quantitative estimate of drug-likeness (QED) is 0.204. The molecule has 0 heterocycles. The van der Waals surface area contributed by atoms with Gasteiger partial charge in [0.05, 0.1) is 4.90 Å². The van der Waals surface area contributed by atoms with Gasteiger partial charge in [0.25, 0.3) is 0 Å². The van der Waals surface area contributed by atoms with Crippen LogP contribution in [-0.2, 0) is 13.7 Å². The largest absolute Gasteiger partial charge is 0.488 e. The van der Waals surface area contributed by atoms with Crippen LogP contribution >= 0.6 is 10.3 Å². The highest BCUT2D eigenvalue weighted by atomic mass is 32.3. The summed E-state index contributed by atoms with van der Waals surface area (Å²) in [7, 11) is -6.99. The van der Waals surface area contributed by atoms with Crippen molar-refractivity contribution in [3.63, 3.8) is 0 Å². The molecule has 0 spiro atoms. The molecule has 4 aromatic carbocycles. The molecule has 41 heavy (non-hydrogen) atoms. The lowest BCUT2D eigenvalue weighted by molar-refractivity contribution is 0.130. The van der Waals surface area contributed by atoms with E-state index in [2.05, 4.69) is 0 Å². The molecular weight excluding hydrogens is 553 g/mol. The summed E-state index contributed by atoms with van der Waals surface area (Å²) < 4.78 is 46.7. The molecule has 0 fully saturated rings. The monoisotopic (exact) mass is 592 g/mol. The van der Waals surface area contributed by atoms with E-state index >= 15 is 0 Å². The number of rotatable bonds is 8. The van der Waals surface area contributed by atoms with Gasteiger partial charge in [0.1, 0.15) is 22.7 Å². The zero-order valence-electron chi connectivity index (χ0n) is 25.1. The fraction of sp³-hybridized carbons (Fsp3) is 0.294. The second-order valence-electron chi connectivity index (χ2n) is 12.1.